The number of fused-ring (bicyclic) bond motifs is 2. The maximum atomic E-state index is 9.57. The maximum absolute atomic E-state index is 9.57. The van der Waals surface area contributed by atoms with Crippen LogP contribution in [0.5, 0.6) is 0 Å². The first-order chi connectivity index (χ1) is 23.5. The van der Waals surface area contributed by atoms with Crippen molar-refractivity contribution in [3.05, 3.63) is 126 Å². The molecule has 0 aliphatic heterocycles. The molecule has 0 radical (unpaired) electrons. The summed E-state index contributed by atoms with van der Waals surface area (Å²) in [6.45, 7) is 2.57. The van der Waals surface area contributed by atoms with Crippen LogP contribution in [-0.2, 0) is 5.41 Å². The Kier molecular flexibility index (Phi) is 6.36. The summed E-state index contributed by atoms with van der Waals surface area (Å²) in [5.41, 5.74) is 8.25. The van der Waals surface area contributed by atoms with Crippen molar-refractivity contribution < 1.29 is 0 Å². The zero-order valence-electron chi connectivity index (χ0n) is 26.8. The summed E-state index contributed by atoms with van der Waals surface area (Å²) < 4.78 is 0. The molecule has 0 saturated heterocycles. The molecule has 4 atom stereocenters. The molecule has 0 spiro atoms. The zero-order chi connectivity index (χ0) is 32.5. The fraction of sp³-hybridized carbons (Fsp3) is 0.233. The van der Waals surface area contributed by atoms with Gasteiger partial charge in [-0.3, -0.25) is 0 Å². The van der Waals surface area contributed by atoms with Gasteiger partial charge in [-0.05, 0) is 113 Å². The van der Waals surface area contributed by atoms with E-state index in [4.69, 9.17) is 15.0 Å². The van der Waals surface area contributed by atoms with Gasteiger partial charge < -0.3 is 0 Å². The molecule has 3 aliphatic carbocycles. The Labute approximate surface area is 280 Å². The van der Waals surface area contributed by atoms with E-state index in [9.17, 15) is 10.5 Å². The number of aromatic nitrogens is 3. The summed E-state index contributed by atoms with van der Waals surface area (Å²) in [5.74, 6) is 3.28. The molecular formula is C43H33N5. The molecule has 48 heavy (non-hydrogen) atoms. The Balaban J connectivity index is 1.15. The molecule has 6 aromatic rings. The molecule has 3 saturated carbocycles. The molecule has 5 nitrogen and oxygen atoms in total. The third-order valence-corrected chi connectivity index (χ3v) is 11.8. The van der Waals surface area contributed by atoms with Crippen LogP contribution in [0.4, 0.5) is 0 Å². The van der Waals surface area contributed by atoms with Crippen molar-refractivity contribution in [1.82, 2.24) is 15.0 Å². The fourth-order valence-electron chi connectivity index (χ4n) is 9.55. The van der Waals surface area contributed by atoms with E-state index < -0.39 is 0 Å². The summed E-state index contributed by atoms with van der Waals surface area (Å²) >= 11 is 0. The van der Waals surface area contributed by atoms with Crippen LogP contribution >= 0.6 is 0 Å². The zero-order valence-corrected chi connectivity index (χ0v) is 26.8. The molecule has 0 N–H and O–H groups in total. The Bertz CT molecular complexity index is 2250. The highest BCUT2D eigenvalue weighted by Crippen LogP contribution is 2.72. The number of hydrogen-bond donors (Lipinski definition) is 0. The van der Waals surface area contributed by atoms with E-state index in [0.717, 1.165) is 39.3 Å². The SMILES string of the molecule is CC12CC3(c4ccc(-c5ccc(-c6nc(-c7cccc(C#N)c7)nc(-c7cccc(C#N)c7)n6)c6ccccc56)cc4)C[C@H]1CC[C@H]2C3. The number of nitriles is 2. The van der Waals surface area contributed by atoms with Crippen molar-refractivity contribution in [2.45, 2.75) is 44.4 Å². The lowest BCUT2D eigenvalue weighted by Gasteiger charge is -2.33. The molecule has 1 heterocycles. The van der Waals surface area contributed by atoms with E-state index in [1.807, 2.05) is 24.3 Å². The lowest BCUT2D eigenvalue weighted by molar-refractivity contribution is 0.195. The Morgan fingerprint density at radius 3 is 1.69 bits per heavy atom. The quantitative estimate of drug-likeness (QED) is 0.192. The molecule has 5 heteroatoms. The fourth-order valence-corrected chi connectivity index (χ4v) is 9.55. The largest absolute Gasteiger partial charge is 0.208 e. The van der Waals surface area contributed by atoms with Crippen LogP contribution in [0.2, 0.25) is 0 Å². The minimum Gasteiger partial charge on any atom is -0.208 e. The van der Waals surface area contributed by atoms with Crippen molar-refractivity contribution in [3.63, 3.8) is 0 Å². The van der Waals surface area contributed by atoms with Gasteiger partial charge in [0.25, 0.3) is 0 Å². The monoisotopic (exact) mass is 619 g/mol. The standard InChI is InChI=1S/C43H33N5/c1-42-26-43(22-33(42)16-17-34(42)23-43)32-14-12-29(13-15-32)35-18-19-38(37-11-3-2-10-36(35)37)41-47-39(30-8-4-6-27(20-30)24-44)46-40(48-41)31-9-5-7-28(21-31)25-45/h2-15,18-21,33-34H,16-17,22-23,26H2,1H3/t33-,34+,42?,43?. The van der Waals surface area contributed by atoms with Gasteiger partial charge in [0.2, 0.25) is 0 Å². The second-order valence-electron chi connectivity index (χ2n) is 14.3. The number of nitrogens with zero attached hydrogens (tertiary/aromatic N) is 5. The van der Waals surface area contributed by atoms with Crippen LogP contribution in [0.3, 0.4) is 0 Å². The molecular weight excluding hydrogens is 587 g/mol. The van der Waals surface area contributed by atoms with Crippen molar-refractivity contribution in [1.29, 1.82) is 10.5 Å². The van der Waals surface area contributed by atoms with E-state index in [-0.39, 0.29) is 0 Å². The highest BCUT2D eigenvalue weighted by atomic mass is 15.0. The molecule has 1 aromatic heterocycles. The van der Waals surface area contributed by atoms with Gasteiger partial charge in [-0.2, -0.15) is 10.5 Å². The minimum atomic E-state index is 0.360. The molecule has 0 amide bonds. The van der Waals surface area contributed by atoms with Crippen LogP contribution in [0.15, 0.2) is 109 Å². The van der Waals surface area contributed by atoms with Gasteiger partial charge in [-0.25, -0.2) is 15.0 Å². The van der Waals surface area contributed by atoms with E-state index >= 15 is 0 Å². The summed E-state index contributed by atoms with van der Waals surface area (Å²) in [4.78, 5) is 14.8. The Morgan fingerprint density at radius 1 is 0.583 bits per heavy atom. The Hall–Kier alpha value is -5.65. The molecule has 230 valence electrons. The first-order valence-electron chi connectivity index (χ1n) is 16.9. The molecule has 3 fully saturated rings. The molecule has 5 aromatic carbocycles. The van der Waals surface area contributed by atoms with Crippen molar-refractivity contribution in [3.8, 4) is 57.4 Å². The summed E-state index contributed by atoms with van der Waals surface area (Å²) in [6.07, 6.45) is 6.90. The second kappa shape index (κ2) is 10.7. The summed E-state index contributed by atoms with van der Waals surface area (Å²) in [7, 11) is 0. The van der Waals surface area contributed by atoms with Crippen LogP contribution in [0, 0.1) is 39.9 Å². The first-order valence-corrected chi connectivity index (χ1v) is 16.9. The topological polar surface area (TPSA) is 86.2 Å². The van der Waals surface area contributed by atoms with Gasteiger partial charge in [-0.15, -0.1) is 0 Å². The molecule has 2 unspecified atom stereocenters. The Morgan fingerprint density at radius 2 is 1.12 bits per heavy atom. The van der Waals surface area contributed by atoms with Crippen molar-refractivity contribution in [2.75, 3.05) is 0 Å². The second-order valence-corrected chi connectivity index (χ2v) is 14.3. The predicted octanol–water partition coefficient (Wildman–Crippen LogP) is 9.90. The van der Waals surface area contributed by atoms with E-state index in [1.54, 1.807) is 24.3 Å². The summed E-state index contributed by atoms with van der Waals surface area (Å²) in [5, 5.41) is 21.3. The highest BCUT2D eigenvalue weighted by molar-refractivity contribution is 6.04. The van der Waals surface area contributed by atoms with Crippen LogP contribution in [0.1, 0.15) is 55.7 Å². The third-order valence-electron chi connectivity index (χ3n) is 11.8. The lowest BCUT2D eigenvalue weighted by Crippen LogP contribution is -2.26. The van der Waals surface area contributed by atoms with Crippen LogP contribution in [-0.4, -0.2) is 15.0 Å². The summed E-state index contributed by atoms with van der Waals surface area (Å²) in [6, 6.07) is 41.2. The molecule has 9 rings (SSSR count). The van der Waals surface area contributed by atoms with Crippen molar-refractivity contribution in [2.24, 2.45) is 17.3 Å². The third kappa shape index (κ3) is 4.39. The van der Waals surface area contributed by atoms with Gasteiger partial charge in [-0.1, -0.05) is 85.8 Å². The first kappa shape index (κ1) is 28.6. The van der Waals surface area contributed by atoms with Gasteiger partial charge in [0.1, 0.15) is 0 Å². The molecule has 3 aliphatic rings. The smallest absolute Gasteiger partial charge is 0.164 e. The minimum absolute atomic E-state index is 0.360. The maximum Gasteiger partial charge on any atom is 0.164 e. The predicted molar refractivity (Wildman–Crippen MR) is 188 cm³/mol. The number of hydrogen-bond acceptors (Lipinski definition) is 5. The number of benzene rings is 5. The number of rotatable bonds is 5. The van der Waals surface area contributed by atoms with Gasteiger partial charge in [0.15, 0.2) is 17.5 Å². The lowest BCUT2D eigenvalue weighted by atomic mass is 9.72. The average molecular weight is 620 g/mol. The van der Waals surface area contributed by atoms with E-state index in [0.29, 0.717) is 39.4 Å². The van der Waals surface area contributed by atoms with Crippen LogP contribution < -0.4 is 0 Å². The van der Waals surface area contributed by atoms with Gasteiger partial charge >= 0.3 is 0 Å². The van der Waals surface area contributed by atoms with Crippen LogP contribution in [0.25, 0.3) is 56.1 Å². The molecule has 2 bridgehead atoms. The van der Waals surface area contributed by atoms with Crippen molar-refractivity contribution >= 4 is 10.8 Å². The highest BCUT2D eigenvalue weighted by Gasteiger charge is 2.65. The van der Waals surface area contributed by atoms with Gasteiger partial charge in [0, 0.05) is 16.7 Å². The van der Waals surface area contributed by atoms with E-state index in [2.05, 4.69) is 79.7 Å². The van der Waals surface area contributed by atoms with E-state index in [1.165, 1.54) is 48.8 Å². The van der Waals surface area contributed by atoms with Gasteiger partial charge in [0.05, 0.1) is 23.3 Å². The normalized spacial score (nSPS) is 23.6. The average Bonchev–Trinajstić information content (AvgIpc) is 3.65.